The van der Waals surface area contributed by atoms with Crippen LogP contribution >= 0.6 is 0 Å². The topological polar surface area (TPSA) is 116 Å². The molecule has 1 rings (SSSR count). The number of hydrogen-bond acceptors (Lipinski definition) is 4. The van der Waals surface area contributed by atoms with E-state index in [2.05, 4.69) is 15.6 Å². The third-order valence-electron chi connectivity index (χ3n) is 2.24. The van der Waals surface area contributed by atoms with E-state index in [1.807, 2.05) is 0 Å². The van der Waals surface area contributed by atoms with E-state index in [1.54, 1.807) is 23.3 Å². The lowest BCUT2D eigenvalue weighted by Gasteiger charge is -2.14. The summed E-state index contributed by atoms with van der Waals surface area (Å²) in [5, 5.41) is 22.2. The molecule has 2 amide bonds. The van der Waals surface area contributed by atoms with Crippen LogP contribution in [-0.4, -0.2) is 51.0 Å². The highest BCUT2D eigenvalue weighted by Gasteiger charge is 2.18. The molecule has 0 aliphatic carbocycles. The van der Waals surface area contributed by atoms with E-state index in [-0.39, 0.29) is 13.0 Å². The fraction of sp³-hybridized carbons (Fsp3) is 0.500. The molecule has 0 fully saturated rings. The summed E-state index contributed by atoms with van der Waals surface area (Å²) in [4.78, 5) is 25.9. The second-order valence-corrected chi connectivity index (χ2v) is 3.60. The lowest BCUT2D eigenvalue weighted by Crippen LogP contribution is -2.47. The number of urea groups is 1. The smallest absolute Gasteiger partial charge is 0.326 e. The maximum Gasteiger partial charge on any atom is 0.326 e. The second kappa shape index (κ2) is 7.28. The van der Waals surface area contributed by atoms with Crippen molar-refractivity contribution in [2.45, 2.75) is 19.0 Å². The van der Waals surface area contributed by atoms with Crippen molar-refractivity contribution in [1.29, 1.82) is 0 Å². The molecule has 0 aromatic carbocycles. The summed E-state index contributed by atoms with van der Waals surface area (Å²) in [7, 11) is 0. The van der Waals surface area contributed by atoms with Crippen molar-refractivity contribution in [2.24, 2.45) is 0 Å². The first kappa shape index (κ1) is 14.0. The van der Waals surface area contributed by atoms with Crippen LogP contribution in [-0.2, 0) is 11.3 Å². The number of amides is 2. The summed E-state index contributed by atoms with van der Waals surface area (Å²) in [6.45, 7) is 0.602. The molecular formula is C10H16N4O4. The Labute approximate surface area is 104 Å². The highest BCUT2D eigenvalue weighted by atomic mass is 16.4. The molecule has 8 nitrogen and oxygen atoms in total. The van der Waals surface area contributed by atoms with E-state index >= 15 is 0 Å². The minimum atomic E-state index is -1.17. The quantitative estimate of drug-likeness (QED) is 0.500. The SMILES string of the molecule is O=C(NCCn1ccnc1)N[C@H](CCO)C(=O)O. The Morgan fingerprint density at radius 1 is 1.44 bits per heavy atom. The number of nitrogens with zero attached hydrogens (tertiary/aromatic N) is 2. The van der Waals surface area contributed by atoms with Gasteiger partial charge in [-0.25, -0.2) is 14.6 Å². The van der Waals surface area contributed by atoms with Crippen LogP contribution in [0.2, 0.25) is 0 Å². The first-order chi connectivity index (χ1) is 8.63. The second-order valence-electron chi connectivity index (χ2n) is 3.60. The molecule has 8 heteroatoms. The Morgan fingerprint density at radius 2 is 2.22 bits per heavy atom. The summed E-state index contributed by atoms with van der Waals surface area (Å²) in [5.74, 6) is -1.17. The molecule has 0 aliphatic heterocycles. The number of nitrogens with one attached hydrogen (secondary N) is 2. The average Bonchev–Trinajstić information content (AvgIpc) is 2.81. The first-order valence-corrected chi connectivity index (χ1v) is 5.47. The number of hydrogen-bond donors (Lipinski definition) is 4. The Bertz CT molecular complexity index is 379. The van der Waals surface area contributed by atoms with Gasteiger partial charge in [0.15, 0.2) is 0 Å². The van der Waals surface area contributed by atoms with Gasteiger partial charge < -0.3 is 25.4 Å². The minimum absolute atomic E-state index is 0.0235. The van der Waals surface area contributed by atoms with Gasteiger partial charge in [0.2, 0.25) is 0 Å². The van der Waals surface area contributed by atoms with Gasteiger partial charge in [0.1, 0.15) is 6.04 Å². The number of aliphatic hydroxyl groups excluding tert-OH is 1. The van der Waals surface area contributed by atoms with Crippen molar-refractivity contribution in [3.05, 3.63) is 18.7 Å². The maximum absolute atomic E-state index is 11.4. The number of rotatable bonds is 7. The zero-order valence-corrected chi connectivity index (χ0v) is 9.74. The van der Waals surface area contributed by atoms with Crippen molar-refractivity contribution in [3.63, 3.8) is 0 Å². The van der Waals surface area contributed by atoms with E-state index in [0.29, 0.717) is 13.1 Å². The van der Waals surface area contributed by atoms with Crippen molar-refractivity contribution in [2.75, 3.05) is 13.2 Å². The predicted octanol–water partition coefficient (Wildman–Crippen LogP) is -0.982. The van der Waals surface area contributed by atoms with E-state index < -0.39 is 18.0 Å². The molecule has 1 atom stereocenters. The molecule has 1 aromatic rings. The molecule has 0 saturated heterocycles. The van der Waals surface area contributed by atoms with Gasteiger partial charge in [-0.2, -0.15) is 0 Å². The summed E-state index contributed by atoms with van der Waals surface area (Å²) >= 11 is 0. The molecule has 4 N–H and O–H groups in total. The molecule has 100 valence electrons. The molecule has 18 heavy (non-hydrogen) atoms. The summed E-state index contributed by atoms with van der Waals surface area (Å²) in [5.41, 5.74) is 0. The third kappa shape index (κ3) is 4.83. The lowest BCUT2D eigenvalue weighted by atomic mass is 10.2. The minimum Gasteiger partial charge on any atom is -0.480 e. The number of aliphatic hydroxyl groups is 1. The van der Waals surface area contributed by atoms with E-state index in [1.165, 1.54) is 0 Å². The van der Waals surface area contributed by atoms with Gasteiger partial charge in [-0.3, -0.25) is 0 Å². The van der Waals surface area contributed by atoms with Gasteiger partial charge >= 0.3 is 12.0 Å². The highest BCUT2D eigenvalue weighted by molar-refractivity contribution is 5.82. The molecule has 0 aliphatic rings. The molecule has 1 aromatic heterocycles. The molecule has 0 bridgehead atoms. The Morgan fingerprint density at radius 3 is 2.78 bits per heavy atom. The highest BCUT2D eigenvalue weighted by Crippen LogP contribution is 1.91. The largest absolute Gasteiger partial charge is 0.480 e. The summed E-state index contributed by atoms with van der Waals surface area (Å²) < 4.78 is 1.78. The number of carboxylic acids is 1. The molecule has 1 heterocycles. The summed E-state index contributed by atoms with van der Waals surface area (Å²) in [6.07, 6.45) is 4.98. The number of aliphatic carboxylic acids is 1. The van der Waals surface area contributed by atoms with Gasteiger partial charge in [-0.05, 0) is 0 Å². The van der Waals surface area contributed by atoms with Crippen LogP contribution in [0.25, 0.3) is 0 Å². The average molecular weight is 256 g/mol. The number of carbonyl (C=O) groups is 2. The zero-order valence-electron chi connectivity index (χ0n) is 9.74. The van der Waals surface area contributed by atoms with Crippen LogP contribution in [0.3, 0.4) is 0 Å². The van der Waals surface area contributed by atoms with Crippen molar-refractivity contribution in [1.82, 2.24) is 20.2 Å². The number of imidazole rings is 1. The van der Waals surface area contributed by atoms with E-state index in [4.69, 9.17) is 10.2 Å². The number of carboxylic acid groups (broad SMARTS) is 1. The van der Waals surface area contributed by atoms with Gasteiger partial charge in [0.25, 0.3) is 0 Å². The molecule has 0 unspecified atom stereocenters. The number of aromatic nitrogens is 2. The van der Waals surface area contributed by atoms with Crippen molar-refractivity contribution < 1.29 is 19.8 Å². The van der Waals surface area contributed by atoms with Gasteiger partial charge in [0.05, 0.1) is 6.33 Å². The lowest BCUT2D eigenvalue weighted by molar-refractivity contribution is -0.139. The zero-order chi connectivity index (χ0) is 13.4. The molecule has 0 radical (unpaired) electrons. The number of carbonyl (C=O) groups excluding carboxylic acids is 1. The van der Waals surface area contributed by atoms with Crippen LogP contribution in [0, 0.1) is 0 Å². The molecular weight excluding hydrogens is 240 g/mol. The van der Waals surface area contributed by atoms with Crippen LogP contribution < -0.4 is 10.6 Å². The standard InChI is InChI=1S/C10H16N4O4/c15-6-1-8(9(16)17)13-10(18)12-3-5-14-4-2-11-7-14/h2,4,7-8,15H,1,3,5-6H2,(H,16,17)(H2,12,13,18)/t8-/m1/s1. The van der Waals surface area contributed by atoms with Gasteiger partial charge in [-0.15, -0.1) is 0 Å². The van der Waals surface area contributed by atoms with Crippen molar-refractivity contribution >= 4 is 12.0 Å². The van der Waals surface area contributed by atoms with Gasteiger partial charge in [0, 0.05) is 38.5 Å². The van der Waals surface area contributed by atoms with E-state index in [0.717, 1.165) is 0 Å². The Hall–Kier alpha value is -2.09. The monoisotopic (exact) mass is 256 g/mol. The fourth-order valence-corrected chi connectivity index (χ4v) is 1.31. The molecule has 0 spiro atoms. The van der Waals surface area contributed by atoms with Gasteiger partial charge in [-0.1, -0.05) is 0 Å². The fourth-order valence-electron chi connectivity index (χ4n) is 1.31. The normalized spacial score (nSPS) is 11.8. The molecule has 0 saturated carbocycles. The Balaban J connectivity index is 2.25. The van der Waals surface area contributed by atoms with Crippen LogP contribution in [0.1, 0.15) is 6.42 Å². The van der Waals surface area contributed by atoms with Crippen molar-refractivity contribution in [3.8, 4) is 0 Å². The van der Waals surface area contributed by atoms with Crippen LogP contribution in [0.4, 0.5) is 4.79 Å². The van der Waals surface area contributed by atoms with Crippen LogP contribution in [0.15, 0.2) is 18.7 Å². The third-order valence-corrected chi connectivity index (χ3v) is 2.24. The first-order valence-electron chi connectivity index (χ1n) is 5.47. The van der Waals surface area contributed by atoms with Crippen LogP contribution in [0.5, 0.6) is 0 Å². The van der Waals surface area contributed by atoms with E-state index in [9.17, 15) is 9.59 Å². The maximum atomic E-state index is 11.4. The Kier molecular flexibility index (Phi) is 5.65. The predicted molar refractivity (Wildman–Crippen MR) is 61.9 cm³/mol. The summed E-state index contributed by atoms with van der Waals surface area (Å²) in [6, 6.07) is -1.65.